The Hall–Kier alpha value is -2.17. The number of rotatable bonds is 2. The molecule has 1 aromatic carbocycles. The molecule has 0 aliphatic heterocycles. The predicted octanol–water partition coefficient (Wildman–Crippen LogP) is 1.98. The number of carbonyl (C=O) groups is 1. The summed E-state index contributed by atoms with van der Waals surface area (Å²) in [7, 11) is 0. The third-order valence-corrected chi connectivity index (χ3v) is 4.24. The quantitative estimate of drug-likeness (QED) is 0.647. The van der Waals surface area contributed by atoms with Gasteiger partial charge in [-0.25, -0.2) is 0 Å². The van der Waals surface area contributed by atoms with Crippen LogP contribution < -0.4 is 11.1 Å². The number of H-pyrrole nitrogens is 2. The molecule has 0 amide bonds. The Balaban J connectivity index is 2.09. The Kier molecular flexibility index (Phi) is 2.85. The van der Waals surface area contributed by atoms with Gasteiger partial charge in [0.25, 0.3) is 0 Å². The highest BCUT2D eigenvalue weighted by Gasteiger charge is 2.36. The van der Waals surface area contributed by atoms with Crippen molar-refractivity contribution in [1.82, 2.24) is 9.97 Å². The van der Waals surface area contributed by atoms with Crippen molar-refractivity contribution in [2.24, 2.45) is 5.41 Å². The molecule has 1 aliphatic rings. The first kappa shape index (κ1) is 12.8. The fraction of sp³-hybridized carbons (Fsp3) is 0.400. The van der Waals surface area contributed by atoms with Crippen molar-refractivity contribution in [3.8, 4) is 0 Å². The monoisotopic (exact) mass is 272 g/mol. The van der Waals surface area contributed by atoms with Gasteiger partial charge in [-0.15, -0.1) is 0 Å². The summed E-state index contributed by atoms with van der Waals surface area (Å²) >= 11 is 0. The first-order chi connectivity index (χ1) is 9.49. The van der Waals surface area contributed by atoms with E-state index in [4.69, 9.17) is 0 Å². The van der Waals surface area contributed by atoms with Crippen LogP contribution in [0.25, 0.3) is 11.0 Å². The Morgan fingerprint density at radius 2 is 1.65 bits per heavy atom. The third-order valence-electron chi connectivity index (χ3n) is 4.24. The molecule has 1 saturated carbocycles. The number of carbonyl (C=O) groups excluding carboxylic acids is 1. The molecule has 1 fully saturated rings. The number of hydrogen-bond donors (Lipinski definition) is 2. The molecule has 104 valence electrons. The van der Waals surface area contributed by atoms with Gasteiger partial charge in [-0.3, -0.25) is 14.4 Å². The molecule has 5 heteroatoms. The average molecular weight is 272 g/mol. The van der Waals surface area contributed by atoms with Crippen molar-refractivity contribution in [2.45, 2.75) is 32.6 Å². The molecule has 1 aliphatic carbocycles. The summed E-state index contributed by atoms with van der Waals surface area (Å²) in [5.41, 5.74) is -0.0706. The number of aromatic amines is 2. The number of aromatic nitrogens is 2. The number of nitrogens with one attached hydrogen (secondary N) is 2. The number of benzene rings is 1. The lowest BCUT2D eigenvalue weighted by molar-refractivity contribution is 0.0823. The number of ketones is 1. The van der Waals surface area contributed by atoms with Crippen LogP contribution in [0.2, 0.25) is 0 Å². The Bertz CT molecular complexity index is 795. The van der Waals surface area contributed by atoms with Gasteiger partial charge in [0.15, 0.2) is 5.78 Å². The largest absolute Gasteiger partial charge is 0.316 e. The molecule has 5 nitrogen and oxygen atoms in total. The minimum absolute atomic E-state index is 0.115. The topological polar surface area (TPSA) is 82.8 Å². The molecule has 0 unspecified atom stereocenters. The number of fused-ring (bicyclic) bond motifs is 1. The van der Waals surface area contributed by atoms with Crippen LogP contribution in [0.3, 0.4) is 0 Å². The molecule has 3 rings (SSSR count). The van der Waals surface area contributed by atoms with Crippen LogP contribution in [0.4, 0.5) is 0 Å². The lowest BCUT2D eigenvalue weighted by atomic mass is 9.81. The second-order valence-electron chi connectivity index (χ2n) is 5.77. The molecule has 0 spiro atoms. The van der Waals surface area contributed by atoms with E-state index in [1.807, 2.05) is 6.92 Å². The summed E-state index contributed by atoms with van der Waals surface area (Å²) in [5, 5.41) is 0. The molecule has 0 saturated heterocycles. The summed E-state index contributed by atoms with van der Waals surface area (Å²) in [6, 6.07) is 5.03. The van der Waals surface area contributed by atoms with Crippen molar-refractivity contribution in [3.05, 3.63) is 44.5 Å². The summed E-state index contributed by atoms with van der Waals surface area (Å²) < 4.78 is 0. The molecular formula is C15H16N2O3. The van der Waals surface area contributed by atoms with E-state index in [0.717, 1.165) is 25.7 Å². The van der Waals surface area contributed by atoms with E-state index in [1.54, 1.807) is 18.2 Å². The first-order valence-electron chi connectivity index (χ1n) is 6.81. The maximum absolute atomic E-state index is 12.6. The van der Waals surface area contributed by atoms with E-state index < -0.39 is 11.1 Å². The zero-order chi connectivity index (χ0) is 14.3. The van der Waals surface area contributed by atoms with Gasteiger partial charge in [-0.1, -0.05) is 19.8 Å². The minimum Gasteiger partial charge on any atom is -0.316 e. The van der Waals surface area contributed by atoms with Gasteiger partial charge in [0.1, 0.15) is 0 Å². The summed E-state index contributed by atoms with van der Waals surface area (Å²) in [6.07, 6.45) is 3.98. The summed E-state index contributed by atoms with van der Waals surface area (Å²) in [4.78, 5) is 40.2. The van der Waals surface area contributed by atoms with E-state index in [2.05, 4.69) is 9.97 Å². The molecule has 2 aromatic rings. The Morgan fingerprint density at radius 3 is 2.30 bits per heavy atom. The van der Waals surface area contributed by atoms with Gasteiger partial charge in [-0.05, 0) is 31.0 Å². The maximum Gasteiger partial charge on any atom is 0.314 e. The smallest absolute Gasteiger partial charge is 0.314 e. The highest BCUT2D eigenvalue weighted by Crippen LogP contribution is 2.40. The van der Waals surface area contributed by atoms with Crippen LogP contribution in [0.15, 0.2) is 27.8 Å². The second-order valence-corrected chi connectivity index (χ2v) is 5.77. The van der Waals surface area contributed by atoms with E-state index in [-0.39, 0.29) is 11.2 Å². The fourth-order valence-corrected chi connectivity index (χ4v) is 2.99. The zero-order valence-electron chi connectivity index (χ0n) is 11.3. The maximum atomic E-state index is 12.6. The Morgan fingerprint density at radius 1 is 1.05 bits per heavy atom. The van der Waals surface area contributed by atoms with Crippen LogP contribution in [-0.2, 0) is 0 Å². The standard InChI is InChI=1S/C15H16N2O3/c1-15(6-2-3-7-15)12(18)9-4-5-10-11(8-9)17-14(20)13(19)16-10/h4-5,8H,2-3,6-7H2,1H3,(H,16,19)(H,17,20). The van der Waals surface area contributed by atoms with Crippen molar-refractivity contribution in [1.29, 1.82) is 0 Å². The highest BCUT2D eigenvalue weighted by atomic mass is 16.2. The van der Waals surface area contributed by atoms with Gasteiger partial charge in [0.2, 0.25) is 0 Å². The molecule has 2 N–H and O–H groups in total. The van der Waals surface area contributed by atoms with Crippen LogP contribution in [0.1, 0.15) is 43.0 Å². The normalized spacial score (nSPS) is 17.4. The fourth-order valence-electron chi connectivity index (χ4n) is 2.99. The predicted molar refractivity (Wildman–Crippen MR) is 76.1 cm³/mol. The van der Waals surface area contributed by atoms with E-state index in [1.165, 1.54) is 0 Å². The third kappa shape index (κ3) is 1.99. The summed E-state index contributed by atoms with van der Waals surface area (Å²) in [6.45, 7) is 2.00. The number of Topliss-reactive ketones (excluding diaryl/α,β-unsaturated/α-hetero) is 1. The van der Waals surface area contributed by atoms with Crippen LogP contribution in [-0.4, -0.2) is 15.8 Å². The SMILES string of the molecule is CC1(C(=O)c2ccc3[nH]c(=O)c(=O)[nH]c3c2)CCCC1. The van der Waals surface area contributed by atoms with Gasteiger partial charge in [-0.2, -0.15) is 0 Å². The lowest BCUT2D eigenvalue weighted by Gasteiger charge is -2.21. The molecule has 1 heterocycles. The summed E-state index contributed by atoms with van der Waals surface area (Å²) in [5.74, 6) is 0.115. The molecule has 0 radical (unpaired) electrons. The number of hydrogen-bond acceptors (Lipinski definition) is 3. The average Bonchev–Trinajstić information content (AvgIpc) is 2.87. The Labute approximate surface area is 115 Å². The van der Waals surface area contributed by atoms with Gasteiger partial charge < -0.3 is 9.97 Å². The van der Waals surface area contributed by atoms with Crippen molar-refractivity contribution in [2.75, 3.05) is 0 Å². The van der Waals surface area contributed by atoms with E-state index in [0.29, 0.717) is 16.6 Å². The highest BCUT2D eigenvalue weighted by molar-refractivity contribution is 6.02. The van der Waals surface area contributed by atoms with Gasteiger partial charge >= 0.3 is 11.1 Å². The van der Waals surface area contributed by atoms with Crippen LogP contribution in [0, 0.1) is 5.41 Å². The van der Waals surface area contributed by atoms with E-state index in [9.17, 15) is 14.4 Å². The molecule has 0 bridgehead atoms. The van der Waals surface area contributed by atoms with Crippen molar-refractivity contribution in [3.63, 3.8) is 0 Å². The van der Waals surface area contributed by atoms with Crippen LogP contribution in [0.5, 0.6) is 0 Å². The molecule has 1 aromatic heterocycles. The second kappa shape index (κ2) is 4.44. The minimum atomic E-state index is -0.700. The van der Waals surface area contributed by atoms with Crippen LogP contribution >= 0.6 is 0 Å². The van der Waals surface area contributed by atoms with Crippen molar-refractivity contribution < 1.29 is 4.79 Å². The molecule has 0 atom stereocenters. The van der Waals surface area contributed by atoms with Gasteiger partial charge in [0.05, 0.1) is 11.0 Å². The molecule has 20 heavy (non-hydrogen) atoms. The zero-order valence-corrected chi connectivity index (χ0v) is 11.3. The first-order valence-corrected chi connectivity index (χ1v) is 6.81. The molecular weight excluding hydrogens is 256 g/mol. The van der Waals surface area contributed by atoms with E-state index >= 15 is 0 Å². The lowest BCUT2D eigenvalue weighted by Crippen LogP contribution is -2.29. The van der Waals surface area contributed by atoms with Gasteiger partial charge in [0, 0.05) is 11.0 Å². The van der Waals surface area contributed by atoms with Crippen molar-refractivity contribution >= 4 is 16.8 Å².